The van der Waals surface area contributed by atoms with Crippen LogP contribution < -0.4 is 5.32 Å². The Morgan fingerprint density at radius 2 is 2.15 bits per heavy atom. The second-order valence-electron chi connectivity index (χ2n) is 3.85. The number of nitrogens with one attached hydrogen (secondary N) is 1. The zero-order chi connectivity index (χ0) is 9.05. The highest BCUT2D eigenvalue weighted by atomic mass is 19.1. The summed E-state index contributed by atoms with van der Waals surface area (Å²) in [4.78, 5) is 0. The molecule has 0 radical (unpaired) electrons. The molecule has 13 heavy (non-hydrogen) atoms. The molecule has 1 nitrogen and oxygen atoms in total. The summed E-state index contributed by atoms with van der Waals surface area (Å²) in [6.07, 6.45) is 2.07. The van der Waals surface area contributed by atoms with Crippen LogP contribution in [0.1, 0.15) is 18.4 Å². The van der Waals surface area contributed by atoms with Gasteiger partial charge in [0.05, 0.1) is 0 Å². The number of anilines is 1. The van der Waals surface area contributed by atoms with E-state index in [1.165, 1.54) is 6.07 Å². The van der Waals surface area contributed by atoms with E-state index in [1.54, 1.807) is 6.07 Å². The van der Waals surface area contributed by atoms with E-state index >= 15 is 0 Å². The molecular formula is C11H10FN. The Bertz CT molecular complexity index is 405. The molecule has 0 bridgehead atoms. The van der Waals surface area contributed by atoms with Crippen molar-refractivity contribution in [1.82, 2.24) is 0 Å². The van der Waals surface area contributed by atoms with Gasteiger partial charge in [-0.15, -0.1) is 0 Å². The predicted molar refractivity (Wildman–Crippen MR) is 50.1 cm³/mol. The number of benzene rings is 1. The normalized spacial score (nSPS) is 21.5. The molecule has 1 saturated carbocycles. The van der Waals surface area contributed by atoms with Crippen molar-refractivity contribution in [3.63, 3.8) is 0 Å². The van der Waals surface area contributed by atoms with Gasteiger partial charge in [0.2, 0.25) is 0 Å². The van der Waals surface area contributed by atoms with Crippen molar-refractivity contribution in [2.45, 2.75) is 18.3 Å². The summed E-state index contributed by atoms with van der Waals surface area (Å²) in [5.41, 5.74) is 2.65. The monoisotopic (exact) mass is 175 g/mol. The molecule has 0 amide bonds. The van der Waals surface area contributed by atoms with E-state index in [0.717, 1.165) is 29.8 Å². The zero-order valence-corrected chi connectivity index (χ0v) is 7.23. The second-order valence-corrected chi connectivity index (χ2v) is 3.85. The van der Waals surface area contributed by atoms with Crippen molar-refractivity contribution in [2.75, 3.05) is 5.32 Å². The third-order valence-corrected chi connectivity index (χ3v) is 3.11. The van der Waals surface area contributed by atoms with Crippen LogP contribution in [-0.4, -0.2) is 0 Å². The molecule has 0 atom stereocenters. The summed E-state index contributed by atoms with van der Waals surface area (Å²) in [5.74, 6) is -0.0962. The first-order chi connectivity index (χ1) is 6.24. The molecule has 1 aliphatic heterocycles. The van der Waals surface area contributed by atoms with Crippen molar-refractivity contribution >= 4 is 5.69 Å². The number of halogens is 1. The number of rotatable bonds is 0. The highest BCUT2D eigenvalue weighted by Crippen LogP contribution is 2.59. The molecule has 0 aromatic heterocycles. The Morgan fingerprint density at radius 3 is 2.85 bits per heavy atom. The Balaban J connectivity index is 2.30. The van der Waals surface area contributed by atoms with E-state index in [1.807, 2.05) is 6.07 Å². The van der Waals surface area contributed by atoms with Crippen LogP contribution in [0.15, 0.2) is 30.5 Å². The summed E-state index contributed by atoms with van der Waals surface area (Å²) < 4.78 is 13.5. The summed E-state index contributed by atoms with van der Waals surface area (Å²) in [5, 5.41) is 3.16. The van der Waals surface area contributed by atoms with Gasteiger partial charge in [0.1, 0.15) is 5.82 Å². The minimum Gasteiger partial charge on any atom is -0.358 e. The van der Waals surface area contributed by atoms with Gasteiger partial charge in [-0.1, -0.05) is 12.6 Å². The summed E-state index contributed by atoms with van der Waals surface area (Å²) >= 11 is 0. The van der Waals surface area contributed by atoms with Crippen molar-refractivity contribution in [2.24, 2.45) is 0 Å². The van der Waals surface area contributed by atoms with Crippen LogP contribution in [0.3, 0.4) is 0 Å². The summed E-state index contributed by atoms with van der Waals surface area (Å²) in [6, 6.07) is 5.17. The predicted octanol–water partition coefficient (Wildman–Crippen LogP) is 2.80. The van der Waals surface area contributed by atoms with Gasteiger partial charge < -0.3 is 5.32 Å². The molecule has 1 spiro atoms. The average Bonchev–Trinajstić information content (AvgIpc) is 2.79. The SMILES string of the molecule is C=C1Nc2cccc(F)c2C12CC2. The molecule has 1 aliphatic carbocycles. The molecule has 1 aromatic carbocycles. The van der Waals surface area contributed by atoms with Crippen LogP contribution in [0.5, 0.6) is 0 Å². The lowest BCUT2D eigenvalue weighted by atomic mass is 9.96. The quantitative estimate of drug-likeness (QED) is 0.639. The van der Waals surface area contributed by atoms with Crippen molar-refractivity contribution in [1.29, 1.82) is 0 Å². The number of hydrogen-bond donors (Lipinski definition) is 1. The fourth-order valence-electron chi connectivity index (χ4n) is 2.22. The fourth-order valence-corrected chi connectivity index (χ4v) is 2.22. The van der Waals surface area contributed by atoms with E-state index in [-0.39, 0.29) is 11.2 Å². The fraction of sp³-hybridized carbons (Fsp3) is 0.273. The Hall–Kier alpha value is -1.31. The largest absolute Gasteiger partial charge is 0.358 e. The van der Waals surface area contributed by atoms with E-state index in [9.17, 15) is 4.39 Å². The Morgan fingerprint density at radius 1 is 1.38 bits per heavy atom. The minimum atomic E-state index is -0.0962. The molecule has 1 heterocycles. The van der Waals surface area contributed by atoms with Gasteiger partial charge in [-0.25, -0.2) is 4.39 Å². The van der Waals surface area contributed by atoms with Crippen LogP contribution in [0.25, 0.3) is 0 Å². The molecule has 0 saturated heterocycles. The molecule has 1 fully saturated rings. The van der Waals surface area contributed by atoms with Crippen LogP contribution in [0.4, 0.5) is 10.1 Å². The molecule has 66 valence electrons. The van der Waals surface area contributed by atoms with Gasteiger partial charge in [0, 0.05) is 22.4 Å². The Kier molecular flexibility index (Phi) is 1.07. The van der Waals surface area contributed by atoms with Crippen molar-refractivity contribution in [3.05, 3.63) is 41.9 Å². The molecule has 2 aliphatic rings. The van der Waals surface area contributed by atoms with Crippen LogP contribution in [0.2, 0.25) is 0 Å². The molecule has 0 unspecified atom stereocenters. The van der Waals surface area contributed by atoms with E-state index in [0.29, 0.717) is 0 Å². The molecule has 1 N–H and O–H groups in total. The van der Waals surface area contributed by atoms with Crippen molar-refractivity contribution in [3.8, 4) is 0 Å². The smallest absolute Gasteiger partial charge is 0.129 e. The van der Waals surface area contributed by atoms with E-state index in [2.05, 4.69) is 11.9 Å². The van der Waals surface area contributed by atoms with E-state index < -0.39 is 0 Å². The van der Waals surface area contributed by atoms with Gasteiger partial charge in [0.15, 0.2) is 0 Å². The maximum absolute atomic E-state index is 13.5. The standard InChI is InChI=1S/C11H10FN/c1-7-11(5-6-11)10-8(12)3-2-4-9(10)13-7/h2-4,13H,1,5-6H2. The molecule has 1 aromatic rings. The maximum Gasteiger partial charge on any atom is 0.129 e. The second kappa shape index (κ2) is 1.95. The van der Waals surface area contributed by atoms with Crippen LogP contribution in [0, 0.1) is 5.82 Å². The van der Waals surface area contributed by atoms with Gasteiger partial charge in [-0.3, -0.25) is 0 Å². The third-order valence-electron chi connectivity index (χ3n) is 3.11. The minimum absolute atomic E-state index is 0.0549. The number of allylic oxidation sites excluding steroid dienone is 1. The third kappa shape index (κ3) is 0.711. The molecule has 2 heteroatoms. The van der Waals surface area contributed by atoms with E-state index in [4.69, 9.17) is 0 Å². The summed E-state index contributed by atoms with van der Waals surface area (Å²) in [6.45, 7) is 3.95. The van der Waals surface area contributed by atoms with Crippen LogP contribution in [-0.2, 0) is 5.41 Å². The van der Waals surface area contributed by atoms with Gasteiger partial charge in [-0.05, 0) is 25.0 Å². The van der Waals surface area contributed by atoms with Crippen molar-refractivity contribution < 1.29 is 4.39 Å². The van der Waals surface area contributed by atoms with Gasteiger partial charge in [-0.2, -0.15) is 0 Å². The van der Waals surface area contributed by atoms with Crippen LogP contribution >= 0.6 is 0 Å². The van der Waals surface area contributed by atoms with Gasteiger partial charge >= 0.3 is 0 Å². The first-order valence-corrected chi connectivity index (χ1v) is 4.49. The molecular weight excluding hydrogens is 165 g/mol. The zero-order valence-electron chi connectivity index (χ0n) is 7.23. The lowest BCUT2D eigenvalue weighted by Gasteiger charge is -2.07. The topological polar surface area (TPSA) is 12.0 Å². The highest BCUT2D eigenvalue weighted by Gasteiger charge is 2.53. The van der Waals surface area contributed by atoms with Gasteiger partial charge in [0.25, 0.3) is 0 Å². The average molecular weight is 175 g/mol. The highest BCUT2D eigenvalue weighted by molar-refractivity contribution is 5.70. The maximum atomic E-state index is 13.5. The first-order valence-electron chi connectivity index (χ1n) is 4.49. The Labute approximate surface area is 76.3 Å². The number of fused-ring (bicyclic) bond motifs is 2. The molecule has 3 rings (SSSR count). The summed E-state index contributed by atoms with van der Waals surface area (Å²) in [7, 11) is 0. The first kappa shape index (κ1) is 7.13. The lowest BCUT2D eigenvalue weighted by molar-refractivity contribution is 0.600. The lowest BCUT2D eigenvalue weighted by Crippen LogP contribution is -2.06. The number of hydrogen-bond acceptors (Lipinski definition) is 1.